The number of aryl methyl sites for hydroxylation is 1. The number of hydrogen-bond acceptors (Lipinski definition) is 2. The van der Waals surface area contributed by atoms with Crippen molar-refractivity contribution in [3.63, 3.8) is 0 Å². The van der Waals surface area contributed by atoms with Gasteiger partial charge in [-0.05, 0) is 43.7 Å². The maximum atomic E-state index is 9.99. The van der Waals surface area contributed by atoms with E-state index in [1.807, 2.05) is 12.1 Å². The predicted octanol–water partition coefficient (Wildman–Crippen LogP) is 2.91. The van der Waals surface area contributed by atoms with Crippen LogP contribution in [0.25, 0.3) is 0 Å². The molecule has 0 aliphatic heterocycles. The summed E-state index contributed by atoms with van der Waals surface area (Å²) in [5.41, 5.74) is 2.50. The average molecular weight is 217 g/mol. The summed E-state index contributed by atoms with van der Waals surface area (Å²) >= 11 is 0. The second kappa shape index (κ2) is 4.10. The second-order valence-corrected chi connectivity index (χ2v) is 5.09. The molecule has 2 aliphatic carbocycles. The van der Waals surface area contributed by atoms with E-state index in [4.69, 9.17) is 0 Å². The third kappa shape index (κ3) is 1.71. The number of benzene rings is 1. The number of hydrogen-bond donors (Lipinski definition) is 2. The smallest absolute Gasteiger partial charge is 0.120 e. The van der Waals surface area contributed by atoms with Gasteiger partial charge < -0.3 is 10.4 Å². The van der Waals surface area contributed by atoms with Gasteiger partial charge in [-0.25, -0.2) is 0 Å². The molecule has 86 valence electrons. The first-order chi connectivity index (χ1) is 7.84. The molecule has 0 radical (unpaired) electrons. The molecule has 1 aromatic rings. The van der Waals surface area contributed by atoms with E-state index in [0.717, 1.165) is 6.42 Å². The first-order valence-corrected chi connectivity index (χ1v) is 6.41. The Bertz CT molecular complexity index is 384. The minimum Gasteiger partial charge on any atom is -0.508 e. The highest BCUT2D eigenvalue weighted by Gasteiger charge is 2.27. The SMILES string of the molecule is Oc1cccc2c1C(NC1CCC1)CCC2. The van der Waals surface area contributed by atoms with Crippen LogP contribution in [0.2, 0.25) is 0 Å². The summed E-state index contributed by atoms with van der Waals surface area (Å²) in [7, 11) is 0. The van der Waals surface area contributed by atoms with Crippen LogP contribution in [0.1, 0.15) is 49.3 Å². The van der Waals surface area contributed by atoms with Crippen LogP contribution in [-0.2, 0) is 6.42 Å². The van der Waals surface area contributed by atoms with Crippen molar-refractivity contribution in [2.45, 2.75) is 50.6 Å². The number of rotatable bonds is 2. The van der Waals surface area contributed by atoms with Crippen LogP contribution in [0.15, 0.2) is 18.2 Å². The Morgan fingerprint density at radius 1 is 1.12 bits per heavy atom. The fraction of sp³-hybridized carbons (Fsp3) is 0.571. The zero-order chi connectivity index (χ0) is 11.0. The minimum atomic E-state index is 0.384. The molecule has 0 aromatic heterocycles. The van der Waals surface area contributed by atoms with Crippen molar-refractivity contribution in [3.05, 3.63) is 29.3 Å². The van der Waals surface area contributed by atoms with E-state index >= 15 is 0 Å². The molecular formula is C14H19NO. The molecule has 2 aliphatic rings. The lowest BCUT2D eigenvalue weighted by molar-refractivity contribution is 0.286. The van der Waals surface area contributed by atoms with Crippen LogP contribution < -0.4 is 5.32 Å². The molecular weight excluding hydrogens is 198 g/mol. The van der Waals surface area contributed by atoms with Gasteiger partial charge >= 0.3 is 0 Å². The van der Waals surface area contributed by atoms with Crippen LogP contribution in [0.4, 0.5) is 0 Å². The molecule has 1 aromatic carbocycles. The molecule has 0 spiro atoms. The van der Waals surface area contributed by atoms with Gasteiger partial charge in [0, 0.05) is 17.6 Å². The van der Waals surface area contributed by atoms with E-state index in [0.29, 0.717) is 17.8 Å². The number of aromatic hydroxyl groups is 1. The number of phenolic OH excluding ortho intramolecular Hbond substituents is 1. The molecule has 0 heterocycles. The summed E-state index contributed by atoms with van der Waals surface area (Å²) in [6, 6.07) is 7.01. The van der Waals surface area contributed by atoms with E-state index < -0.39 is 0 Å². The lowest BCUT2D eigenvalue weighted by Crippen LogP contribution is -2.39. The summed E-state index contributed by atoms with van der Waals surface area (Å²) in [5.74, 6) is 0.481. The zero-order valence-electron chi connectivity index (χ0n) is 9.58. The maximum Gasteiger partial charge on any atom is 0.120 e. The normalized spacial score (nSPS) is 24.9. The van der Waals surface area contributed by atoms with Crippen molar-refractivity contribution >= 4 is 0 Å². The quantitative estimate of drug-likeness (QED) is 0.798. The zero-order valence-corrected chi connectivity index (χ0v) is 9.58. The molecule has 2 N–H and O–H groups in total. The molecule has 1 atom stereocenters. The Kier molecular flexibility index (Phi) is 2.60. The summed E-state index contributed by atoms with van der Waals surface area (Å²) in [4.78, 5) is 0. The highest BCUT2D eigenvalue weighted by molar-refractivity contribution is 5.43. The molecule has 3 rings (SSSR count). The first-order valence-electron chi connectivity index (χ1n) is 6.41. The summed E-state index contributed by atoms with van der Waals surface area (Å²) < 4.78 is 0. The number of nitrogens with one attached hydrogen (secondary N) is 1. The van der Waals surface area contributed by atoms with Crippen molar-refractivity contribution < 1.29 is 5.11 Å². The third-order valence-corrected chi connectivity index (χ3v) is 4.00. The van der Waals surface area contributed by atoms with Crippen molar-refractivity contribution in [1.29, 1.82) is 0 Å². The summed E-state index contributed by atoms with van der Waals surface area (Å²) in [5, 5.41) is 13.7. The van der Waals surface area contributed by atoms with Gasteiger partial charge in [0.2, 0.25) is 0 Å². The Morgan fingerprint density at radius 2 is 2.00 bits per heavy atom. The Morgan fingerprint density at radius 3 is 2.75 bits per heavy atom. The van der Waals surface area contributed by atoms with Crippen LogP contribution in [0.5, 0.6) is 5.75 Å². The monoisotopic (exact) mass is 217 g/mol. The molecule has 0 saturated heterocycles. The molecule has 1 unspecified atom stereocenters. The molecule has 2 heteroatoms. The van der Waals surface area contributed by atoms with Crippen molar-refractivity contribution in [1.82, 2.24) is 5.32 Å². The standard InChI is InChI=1S/C14H19NO/c16-13-9-2-5-10-4-1-8-12(14(10)13)15-11-6-3-7-11/h2,5,9,11-12,15-16H,1,3-4,6-8H2. The highest BCUT2D eigenvalue weighted by Crippen LogP contribution is 2.37. The van der Waals surface area contributed by atoms with Gasteiger partial charge in [0.15, 0.2) is 0 Å². The lowest BCUT2D eigenvalue weighted by Gasteiger charge is -2.35. The number of phenols is 1. The Hall–Kier alpha value is -1.02. The molecule has 2 nitrogen and oxygen atoms in total. The molecule has 16 heavy (non-hydrogen) atoms. The van der Waals surface area contributed by atoms with E-state index in [1.165, 1.54) is 43.2 Å². The molecule has 0 bridgehead atoms. The fourth-order valence-corrected chi connectivity index (χ4v) is 2.89. The average Bonchev–Trinajstić information content (AvgIpc) is 2.24. The van der Waals surface area contributed by atoms with Gasteiger partial charge in [-0.1, -0.05) is 18.6 Å². The largest absolute Gasteiger partial charge is 0.508 e. The second-order valence-electron chi connectivity index (χ2n) is 5.09. The third-order valence-electron chi connectivity index (χ3n) is 4.00. The van der Waals surface area contributed by atoms with Crippen LogP contribution in [0.3, 0.4) is 0 Å². The topological polar surface area (TPSA) is 32.3 Å². The number of fused-ring (bicyclic) bond motifs is 1. The fourth-order valence-electron chi connectivity index (χ4n) is 2.89. The van der Waals surface area contributed by atoms with E-state index in [9.17, 15) is 5.11 Å². The summed E-state index contributed by atoms with van der Waals surface area (Å²) in [6.07, 6.45) is 7.49. The van der Waals surface area contributed by atoms with Gasteiger partial charge in [-0.3, -0.25) is 0 Å². The lowest BCUT2D eigenvalue weighted by atomic mass is 9.84. The van der Waals surface area contributed by atoms with Crippen LogP contribution in [-0.4, -0.2) is 11.1 Å². The van der Waals surface area contributed by atoms with Gasteiger partial charge in [0.1, 0.15) is 5.75 Å². The maximum absolute atomic E-state index is 9.99. The highest BCUT2D eigenvalue weighted by atomic mass is 16.3. The van der Waals surface area contributed by atoms with Gasteiger partial charge in [-0.15, -0.1) is 0 Å². The molecule has 1 saturated carbocycles. The predicted molar refractivity (Wildman–Crippen MR) is 64.6 cm³/mol. The molecule has 0 amide bonds. The van der Waals surface area contributed by atoms with Crippen LogP contribution in [0, 0.1) is 0 Å². The first kappa shape index (κ1) is 10.2. The molecule has 1 fully saturated rings. The van der Waals surface area contributed by atoms with E-state index in [2.05, 4.69) is 11.4 Å². The Labute approximate surface area is 96.7 Å². The van der Waals surface area contributed by atoms with Crippen molar-refractivity contribution in [2.24, 2.45) is 0 Å². The van der Waals surface area contributed by atoms with Crippen LogP contribution >= 0.6 is 0 Å². The van der Waals surface area contributed by atoms with Gasteiger partial charge in [0.25, 0.3) is 0 Å². The summed E-state index contributed by atoms with van der Waals surface area (Å²) in [6.45, 7) is 0. The van der Waals surface area contributed by atoms with Gasteiger partial charge in [-0.2, -0.15) is 0 Å². The van der Waals surface area contributed by atoms with Crippen molar-refractivity contribution in [2.75, 3.05) is 0 Å². The van der Waals surface area contributed by atoms with Crippen molar-refractivity contribution in [3.8, 4) is 5.75 Å². The van der Waals surface area contributed by atoms with E-state index in [-0.39, 0.29) is 0 Å². The Balaban J connectivity index is 1.86. The van der Waals surface area contributed by atoms with E-state index in [1.54, 1.807) is 0 Å². The van der Waals surface area contributed by atoms with Gasteiger partial charge in [0.05, 0.1) is 0 Å². The minimum absolute atomic E-state index is 0.384.